The summed E-state index contributed by atoms with van der Waals surface area (Å²) in [5.74, 6) is -1.71. The summed E-state index contributed by atoms with van der Waals surface area (Å²) >= 11 is 0. The maximum Gasteiger partial charge on any atom is 0.408 e. The highest BCUT2D eigenvalue weighted by Crippen LogP contribution is 2.47. The van der Waals surface area contributed by atoms with Crippen LogP contribution in [0.15, 0.2) is 0 Å². The van der Waals surface area contributed by atoms with Gasteiger partial charge in [-0.2, -0.15) is 0 Å². The van der Waals surface area contributed by atoms with Gasteiger partial charge in [-0.1, -0.05) is 0 Å². The van der Waals surface area contributed by atoms with Crippen molar-refractivity contribution in [1.82, 2.24) is 10.6 Å². The quantitative estimate of drug-likeness (QED) is 0.416. The highest BCUT2D eigenvalue weighted by molar-refractivity contribution is 7.53. The molecule has 0 saturated carbocycles. The van der Waals surface area contributed by atoms with Gasteiger partial charge in [0, 0.05) is 13.0 Å². The van der Waals surface area contributed by atoms with Crippen LogP contribution in [0.1, 0.15) is 47.5 Å². The fraction of sp³-hybridized carbons (Fsp3) is 0.812. The predicted molar refractivity (Wildman–Crippen MR) is 98.8 cm³/mol. The summed E-state index contributed by atoms with van der Waals surface area (Å²) in [7, 11) is -3.31. The zero-order chi connectivity index (χ0) is 21.1. The molecule has 10 nitrogen and oxygen atoms in total. The van der Waals surface area contributed by atoms with E-state index in [9.17, 15) is 18.9 Å². The predicted octanol–water partition coefficient (Wildman–Crippen LogP) is 2.13. The molecular weight excluding hydrogens is 379 g/mol. The molecule has 0 rings (SSSR count). The molecule has 0 aromatic heterocycles. The number of ether oxygens (including phenoxy) is 1. The van der Waals surface area contributed by atoms with E-state index in [1.165, 1.54) is 0 Å². The Balaban J connectivity index is 4.80. The Hall–Kier alpha value is -1.64. The standard InChI is InChI=1S/C16H31N2O8P/c1-6-24-27(23,25-7-2)11-10-17-14(21)12(8-9-13(19)20)18-15(22)26-16(3,4)5/h12H,6-11H2,1-5H3,(H,17,21)(H,18,22)(H,19,20). The van der Waals surface area contributed by atoms with Crippen molar-refractivity contribution in [2.24, 2.45) is 0 Å². The number of aliphatic carboxylic acids is 1. The van der Waals surface area contributed by atoms with Gasteiger partial charge < -0.3 is 29.5 Å². The Morgan fingerprint density at radius 3 is 2.11 bits per heavy atom. The summed E-state index contributed by atoms with van der Waals surface area (Å²) in [5.41, 5.74) is -0.764. The van der Waals surface area contributed by atoms with E-state index >= 15 is 0 Å². The third-order valence-corrected chi connectivity index (χ3v) is 5.07. The number of hydrogen-bond donors (Lipinski definition) is 3. The second-order valence-corrected chi connectivity index (χ2v) is 8.78. The first-order valence-corrected chi connectivity index (χ1v) is 10.5. The molecule has 0 heterocycles. The first-order valence-electron chi connectivity index (χ1n) is 8.79. The Morgan fingerprint density at radius 1 is 1.11 bits per heavy atom. The van der Waals surface area contributed by atoms with Gasteiger partial charge in [-0.25, -0.2) is 4.79 Å². The third kappa shape index (κ3) is 12.4. The number of carbonyl (C=O) groups is 3. The van der Waals surface area contributed by atoms with Gasteiger partial charge in [0.05, 0.1) is 19.4 Å². The number of alkyl carbamates (subject to hydrolysis) is 1. The van der Waals surface area contributed by atoms with Crippen LogP contribution in [0.3, 0.4) is 0 Å². The van der Waals surface area contributed by atoms with Crippen molar-refractivity contribution in [2.75, 3.05) is 25.9 Å². The van der Waals surface area contributed by atoms with Crippen LogP contribution in [0, 0.1) is 0 Å². The van der Waals surface area contributed by atoms with E-state index in [-0.39, 0.29) is 38.8 Å². The lowest BCUT2D eigenvalue weighted by Crippen LogP contribution is -2.48. The number of carbonyl (C=O) groups excluding carboxylic acids is 2. The molecule has 158 valence electrons. The number of rotatable bonds is 12. The molecule has 0 aliphatic carbocycles. The maximum absolute atomic E-state index is 12.4. The van der Waals surface area contributed by atoms with Crippen molar-refractivity contribution in [3.8, 4) is 0 Å². The summed E-state index contributed by atoms with van der Waals surface area (Å²) in [4.78, 5) is 35.0. The molecule has 0 radical (unpaired) electrons. The highest BCUT2D eigenvalue weighted by Gasteiger charge is 2.27. The lowest BCUT2D eigenvalue weighted by molar-refractivity contribution is -0.137. The van der Waals surface area contributed by atoms with E-state index in [0.29, 0.717) is 0 Å². The fourth-order valence-corrected chi connectivity index (χ4v) is 3.49. The first-order chi connectivity index (χ1) is 12.4. The topological polar surface area (TPSA) is 140 Å². The zero-order valence-electron chi connectivity index (χ0n) is 16.6. The molecule has 0 aromatic carbocycles. The second kappa shape index (κ2) is 11.9. The van der Waals surface area contributed by atoms with Crippen LogP contribution < -0.4 is 10.6 Å². The van der Waals surface area contributed by atoms with Gasteiger partial charge in [-0.05, 0) is 41.0 Å². The zero-order valence-corrected chi connectivity index (χ0v) is 17.5. The van der Waals surface area contributed by atoms with E-state index in [4.69, 9.17) is 18.9 Å². The molecule has 1 atom stereocenters. The van der Waals surface area contributed by atoms with Crippen LogP contribution in [0.5, 0.6) is 0 Å². The number of nitrogens with one attached hydrogen (secondary N) is 2. The summed E-state index contributed by atoms with van der Waals surface area (Å²) in [5, 5.41) is 13.7. The SMILES string of the molecule is CCOP(=O)(CCNC(=O)C(CCC(=O)O)NC(=O)OC(C)(C)C)OCC. The van der Waals surface area contributed by atoms with E-state index < -0.39 is 37.2 Å². The van der Waals surface area contributed by atoms with Gasteiger partial charge >= 0.3 is 19.7 Å². The Bertz CT molecular complexity index is 537. The molecule has 1 unspecified atom stereocenters. The van der Waals surface area contributed by atoms with Crippen molar-refractivity contribution in [3.05, 3.63) is 0 Å². The van der Waals surface area contributed by atoms with Crippen LogP contribution in [0.4, 0.5) is 4.79 Å². The van der Waals surface area contributed by atoms with Gasteiger partial charge in [0.25, 0.3) is 0 Å². The largest absolute Gasteiger partial charge is 0.481 e. The van der Waals surface area contributed by atoms with Crippen LogP contribution >= 0.6 is 7.60 Å². The molecular formula is C16H31N2O8P. The monoisotopic (exact) mass is 410 g/mol. The summed E-state index contributed by atoms with van der Waals surface area (Å²) in [6.07, 6.45) is -1.31. The fourth-order valence-electron chi connectivity index (χ4n) is 1.99. The van der Waals surface area contributed by atoms with Crippen molar-refractivity contribution in [3.63, 3.8) is 0 Å². The first kappa shape index (κ1) is 25.4. The Kier molecular flexibility index (Phi) is 11.2. The smallest absolute Gasteiger partial charge is 0.408 e. The molecule has 0 saturated heterocycles. The third-order valence-electron chi connectivity index (χ3n) is 2.99. The second-order valence-electron chi connectivity index (χ2n) is 6.59. The average molecular weight is 410 g/mol. The molecule has 0 spiro atoms. The summed E-state index contributed by atoms with van der Waals surface area (Å²) in [6, 6.07) is -1.10. The Labute approximate surface area is 159 Å². The van der Waals surface area contributed by atoms with E-state index in [1.807, 2.05) is 0 Å². The number of amides is 2. The van der Waals surface area contributed by atoms with E-state index in [0.717, 1.165) is 0 Å². The van der Waals surface area contributed by atoms with Crippen LogP contribution in [0.2, 0.25) is 0 Å². The van der Waals surface area contributed by atoms with Crippen molar-refractivity contribution >= 4 is 25.6 Å². The molecule has 0 fully saturated rings. The molecule has 27 heavy (non-hydrogen) atoms. The van der Waals surface area contributed by atoms with Gasteiger partial charge in [-0.15, -0.1) is 0 Å². The maximum atomic E-state index is 12.4. The molecule has 3 N–H and O–H groups in total. The van der Waals surface area contributed by atoms with Crippen molar-refractivity contribution < 1.29 is 37.8 Å². The Morgan fingerprint density at radius 2 is 1.67 bits per heavy atom. The summed E-state index contributed by atoms with van der Waals surface area (Å²) in [6.45, 7) is 8.73. The van der Waals surface area contributed by atoms with Gasteiger partial charge in [0.15, 0.2) is 0 Å². The molecule has 11 heteroatoms. The van der Waals surface area contributed by atoms with E-state index in [1.54, 1.807) is 34.6 Å². The van der Waals surface area contributed by atoms with Crippen LogP contribution in [-0.4, -0.2) is 60.6 Å². The minimum atomic E-state index is -3.31. The van der Waals surface area contributed by atoms with Crippen LogP contribution in [0.25, 0.3) is 0 Å². The van der Waals surface area contributed by atoms with Gasteiger partial charge in [-0.3, -0.25) is 14.2 Å². The average Bonchev–Trinajstić information content (AvgIpc) is 2.49. The van der Waals surface area contributed by atoms with Crippen LogP contribution in [-0.2, 0) is 27.9 Å². The lowest BCUT2D eigenvalue weighted by atomic mass is 10.1. The normalized spacial score (nSPS) is 12.9. The molecule has 2 amide bonds. The number of carboxylic acids is 1. The number of hydrogen-bond acceptors (Lipinski definition) is 7. The molecule has 0 aliphatic heterocycles. The van der Waals surface area contributed by atoms with Gasteiger partial charge in [0.2, 0.25) is 5.91 Å². The van der Waals surface area contributed by atoms with Crippen molar-refractivity contribution in [1.29, 1.82) is 0 Å². The van der Waals surface area contributed by atoms with Crippen molar-refractivity contribution in [2.45, 2.75) is 59.1 Å². The highest BCUT2D eigenvalue weighted by atomic mass is 31.2. The minimum Gasteiger partial charge on any atom is -0.481 e. The molecule has 0 aromatic rings. The lowest BCUT2D eigenvalue weighted by Gasteiger charge is -2.23. The minimum absolute atomic E-state index is 0.0182. The number of carboxylic acid groups (broad SMARTS) is 1. The molecule has 0 aliphatic rings. The molecule has 0 bridgehead atoms. The summed E-state index contributed by atoms with van der Waals surface area (Å²) < 4.78 is 27.7. The van der Waals surface area contributed by atoms with E-state index in [2.05, 4.69) is 10.6 Å². The van der Waals surface area contributed by atoms with Gasteiger partial charge in [0.1, 0.15) is 11.6 Å².